The Morgan fingerprint density at radius 2 is 1.80 bits per heavy atom. The van der Waals surface area contributed by atoms with Gasteiger partial charge in [0.05, 0.1) is 19.8 Å². The van der Waals surface area contributed by atoms with E-state index in [9.17, 15) is 14.0 Å². The van der Waals surface area contributed by atoms with E-state index in [4.69, 9.17) is 9.31 Å². The van der Waals surface area contributed by atoms with Crippen LogP contribution in [-0.2, 0) is 18.9 Å². The molecule has 1 heterocycles. The molecule has 4 aliphatic carbocycles. The highest BCUT2D eigenvalue weighted by Crippen LogP contribution is 2.62. The number of rotatable bonds is 3. The normalized spacial score (nSPS) is 43.4. The maximum Gasteiger partial charge on any atom is 0.602 e. The Bertz CT molecular complexity index is 565. The third kappa shape index (κ3) is 2.88. The molecule has 0 spiro atoms. The largest absolute Gasteiger partial charge is 0.602 e. The molecule has 4 saturated carbocycles. The first-order chi connectivity index (χ1) is 11.8. The minimum atomic E-state index is -0.904. The summed E-state index contributed by atoms with van der Waals surface area (Å²) in [7, 11) is -0.904. The molecule has 0 aromatic carbocycles. The van der Waals surface area contributed by atoms with Gasteiger partial charge in [-0.15, -0.1) is 0 Å². The van der Waals surface area contributed by atoms with Crippen molar-refractivity contribution in [1.82, 2.24) is 4.90 Å². The molecule has 138 valence electrons. The molecule has 25 heavy (non-hydrogen) atoms. The van der Waals surface area contributed by atoms with Gasteiger partial charge in [0.25, 0.3) is 0 Å². The van der Waals surface area contributed by atoms with Crippen LogP contribution in [0.1, 0.15) is 40.0 Å². The van der Waals surface area contributed by atoms with Crippen LogP contribution in [0.25, 0.3) is 0 Å². The van der Waals surface area contributed by atoms with Crippen LogP contribution in [0, 0.1) is 29.1 Å². The van der Waals surface area contributed by atoms with E-state index in [1.54, 1.807) is 0 Å². The lowest BCUT2D eigenvalue weighted by molar-refractivity contribution is -0.160. The zero-order chi connectivity index (χ0) is 17.9. The number of carbonyl (C=O) groups is 2. The first-order valence-electron chi connectivity index (χ1n) is 9.50. The fraction of sp³-hybridized carbons (Fsp3) is 0.889. The second kappa shape index (κ2) is 5.97. The summed E-state index contributed by atoms with van der Waals surface area (Å²) in [5.41, 5.74) is 0.359. The SMILES string of the molecule is C[C@H]1[C@H](N2CC(=O)OB(C3CC3CF)OC(=O)C2)C[C@@H]2C[C@H]1C2(C)C. The number of halogens is 1. The van der Waals surface area contributed by atoms with Gasteiger partial charge in [-0.1, -0.05) is 20.8 Å². The molecule has 7 heteroatoms. The van der Waals surface area contributed by atoms with Crippen LogP contribution in [-0.4, -0.2) is 49.8 Å². The molecule has 5 aliphatic rings. The quantitative estimate of drug-likeness (QED) is 0.731. The highest BCUT2D eigenvalue weighted by Gasteiger charge is 2.58. The van der Waals surface area contributed by atoms with Crippen LogP contribution < -0.4 is 0 Å². The summed E-state index contributed by atoms with van der Waals surface area (Å²) in [5, 5.41) is 0. The first-order valence-corrected chi connectivity index (χ1v) is 9.50. The number of nitrogens with zero attached hydrogens (tertiary/aromatic N) is 1. The van der Waals surface area contributed by atoms with Crippen molar-refractivity contribution in [3.8, 4) is 0 Å². The zero-order valence-corrected chi connectivity index (χ0v) is 15.2. The molecule has 0 aromatic rings. The van der Waals surface area contributed by atoms with E-state index in [1.165, 1.54) is 6.42 Å². The standard InChI is InChI=1S/C18H27BFNO4/c1-10-13-5-12(18(13,2)3)6-15(10)21-8-16(22)24-19(25-17(23)9-21)14-4-11(14)7-20/h10-15H,4-9H2,1-3H3/t10-,11?,12+,13-,14?,15-/m1/s1. The summed E-state index contributed by atoms with van der Waals surface area (Å²) < 4.78 is 23.4. The Kier molecular flexibility index (Phi) is 4.13. The predicted octanol–water partition coefficient (Wildman–Crippen LogP) is 2.31. The topological polar surface area (TPSA) is 55.8 Å². The van der Waals surface area contributed by atoms with Crippen molar-refractivity contribution in [2.75, 3.05) is 19.8 Å². The predicted molar refractivity (Wildman–Crippen MR) is 90.3 cm³/mol. The summed E-state index contributed by atoms with van der Waals surface area (Å²) in [4.78, 5) is 26.6. The van der Waals surface area contributed by atoms with Gasteiger partial charge in [-0.3, -0.25) is 18.9 Å². The summed E-state index contributed by atoms with van der Waals surface area (Å²) >= 11 is 0. The second-order valence-electron chi connectivity index (χ2n) is 9.09. The molecule has 0 N–H and O–H groups in total. The Labute approximate surface area is 148 Å². The minimum Gasteiger partial charge on any atom is -0.498 e. The third-order valence-corrected chi connectivity index (χ3v) is 7.47. The molecule has 2 unspecified atom stereocenters. The van der Waals surface area contributed by atoms with Crippen LogP contribution in [0.5, 0.6) is 0 Å². The number of alkyl halides is 1. The fourth-order valence-electron chi connectivity index (χ4n) is 5.54. The molecule has 5 nitrogen and oxygen atoms in total. The van der Waals surface area contributed by atoms with Crippen molar-refractivity contribution in [1.29, 1.82) is 0 Å². The van der Waals surface area contributed by atoms with Crippen LogP contribution in [0.15, 0.2) is 0 Å². The Balaban J connectivity index is 1.43. The molecule has 2 bridgehead atoms. The molecular weight excluding hydrogens is 324 g/mol. The number of hydrogen-bond donors (Lipinski definition) is 0. The van der Waals surface area contributed by atoms with E-state index < -0.39 is 13.8 Å². The first kappa shape index (κ1) is 17.3. The molecule has 0 amide bonds. The molecule has 5 rings (SSSR count). The van der Waals surface area contributed by atoms with E-state index in [2.05, 4.69) is 20.8 Å². The van der Waals surface area contributed by atoms with E-state index in [-0.39, 0.29) is 42.8 Å². The summed E-state index contributed by atoms with van der Waals surface area (Å²) in [5.74, 6) is 0.676. The molecule has 6 atom stereocenters. The van der Waals surface area contributed by atoms with Gasteiger partial charge < -0.3 is 9.31 Å². The lowest BCUT2D eigenvalue weighted by Gasteiger charge is -2.63. The van der Waals surface area contributed by atoms with Crippen molar-refractivity contribution in [2.45, 2.75) is 51.9 Å². The average Bonchev–Trinajstić information content (AvgIpc) is 3.31. The lowest BCUT2D eigenvalue weighted by Crippen LogP contribution is -2.62. The van der Waals surface area contributed by atoms with Crippen LogP contribution in [0.2, 0.25) is 5.82 Å². The molecule has 0 radical (unpaired) electrons. The van der Waals surface area contributed by atoms with E-state index in [0.29, 0.717) is 29.6 Å². The molecular formula is C18H27BFNO4. The number of carbonyl (C=O) groups excluding carboxylic acids is 2. The van der Waals surface area contributed by atoms with Gasteiger partial charge in [-0.05, 0) is 48.3 Å². The molecule has 5 fully saturated rings. The van der Waals surface area contributed by atoms with Crippen LogP contribution >= 0.6 is 0 Å². The third-order valence-electron chi connectivity index (χ3n) is 7.47. The van der Waals surface area contributed by atoms with Crippen molar-refractivity contribution >= 4 is 19.1 Å². The highest BCUT2D eigenvalue weighted by atomic mass is 19.1. The zero-order valence-electron chi connectivity index (χ0n) is 15.2. The van der Waals surface area contributed by atoms with Gasteiger partial charge in [-0.25, -0.2) is 0 Å². The van der Waals surface area contributed by atoms with Crippen molar-refractivity contribution in [3.63, 3.8) is 0 Å². The lowest BCUT2D eigenvalue weighted by atomic mass is 9.44. The van der Waals surface area contributed by atoms with Gasteiger partial charge in [0, 0.05) is 11.9 Å². The molecule has 0 aromatic heterocycles. The molecule has 1 aliphatic heterocycles. The number of hydrogen-bond acceptors (Lipinski definition) is 5. The highest BCUT2D eigenvalue weighted by molar-refractivity contribution is 6.52. The van der Waals surface area contributed by atoms with Gasteiger partial charge in [-0.2, -0.15) is 0 Å². The van der Waals surface area contributed by atoms with Crippen molar-refractivity contribution in [3.05, 3.63) is 0 Å². The molecule has 1 saturated heterocycles. The maximum atomic E-state index is 12.7. The Morgan fingerprint density at radius 1 is 1.16 bits per heavy atom. The maximum absolute atomic E-state index is 12.7. The summed E-state index contributed by atoms with van der Waals surface area (Å²) in [6.45, 7) is 6.68. The van der Waals surface area contributed by atoms with Crippen molar-refractivity contribution < 1.29 is 23.3 Å². The smallest absolute Gasteiger partial charge is 0.498 e. The van der Waals surface area contributed by atoms with E-state index in [1.807, 2.05) is 4.90 Å². The minimum absolute atomic E-state index is 0.119. The van der Waals surface area contributed by atoms with Crippen molar-refractivity contribution in [2.24, 2.45) is 29.1 Å². The Morgan fingerprint density at radius 3 is 2.28 bits per heavy atom. The van der Waals surface area contributed by atoms with E-state index >= 15 is 0 Å². The van der Waals surface area contributed by atoms with Gasteiger partial charge >= 0.3 is 19.1 Å². The summed E-state index contributed by atoms with van der Waals surface area (Å²) in [6.07, 6.45) is 2.88. The van der Waals surface area contributed by atoms with Gasteiger partial charge in [0.15, 0.2) is 0 Å². The summed E-state index contributed by atoms with van der Waals surface area (Å²) in [6, 6.07) is 0.216. The van der Waals surface area contributed by atoms with Crippen LogP contribution in [0.3, 0.4) is 0 Å². The van der Waals surface area contributed by atoms with Crippen LogP contribution in [0.4, 0.5) is 4.39 Å². The Hall–Kier alpha value is -1.11. The number of fused-ring (bicyclic) bond motifs is 2. The fourth-order valence-corrected chi connectivity index (χ4v) is 5.54. The van der Waals surface area contributed by atoms with Gasteiger partial charge in [0.2, 0.25) is 0 Å². The second-order valence-corrected chi connectivity index (χ2v) is 9.09. The van der Waals surface area contributed by atoms with Gasteiger partial charge in [0.1, 0.15) is 0 Å². The monoisotopic (exact) mass is 351 g/mol. The average molecular weight is 351 g/mol. The van der Waals surface area contributed by atoms with E-state index in [0.717, 1.165) is 6.42 Å².